The molecular formula is C9H17N3O. The Bertz CT molecular complexity index is 203. The number of carbonyl (C=O) groups excluding carboxylic acids is 1. The highest BCUT2D eigenvalue weighted by Gasteiger charge is 2.16. The molecule has 0 aliphatic heterocycles. The number of hydrogen-bond donors (Lipinski definition) is 2. The molecule has 3 N–H and O–H groups in total. The van der Waals surface area contributed by atoms with Crippen molar-refractivity contribution in [2.45, 2.75) is 32.6 Å². The lowest BCUT2D eigenvalue weighted by Crippen LogP contribution is -2.25. The van der Waals surface area contributed by atoms with Crippen LogP contribution in [-0.4, -0.2) is 12.2 Å². The average molecular weight is 183 g/mol. The van der Waals surface area contributed by atoms with Crippen LogP contribution in [0.3, 0.4) is 0 Å². The van der Waals surface area contributed by atoms with Crippen molar-refractivity contribution in [3.8, 4) is 0 Å². The number of primary amides is 1. The van der Waals surface area contributed by atoms with Crippen LogP contribution < -0.4 is 11.2 Å². The fourth-order valence-corrected chi connectivity index (χ4v) is 1.82. The van der Waals surface area contributed by atoms with Gasteiger partial charge in [-0.05, 0) is 24.7 Å². The largest absolute Gasteiger partial charge is 0.350 e. The van der Waals surface area contributed by atoms with Crippen LogP contribution in [-0.2, 0) is 0 Å². The van der Waals surface area contributed by atoms with Crippen LogP contribution in [0.4, 0.5) is 4.79 Å². The first kappa shape index (κ1) is 10.0. The molecule has 0 spiro atoms. The van der Waals surface area contributed by atoms with Gasteiger partial charge in [0, 0.05) is 6.21 Å². The van der Waals surface area contributed by atoms with Crippen LogP contribution in [0.15, 0.2) is 5.10 Å². The molecule has 0 radical (unpaired) electrons. The molecule has 1 rings (SSSR count). The van der Waals surface area contributed by atoms with Crippen molar-refractivity contribution in [2.24, 2.45) is 22.7 Å². The highest BCUT2D eigenvalue weighted by Crippen LogP contribution is 2.26. The fourth-order valence-electron chi connectivity index (χ4n) is 1.82. The Morgan fingerprint density at radius 2 is 2.38 bits per heavy atom. The topological polar surface area (TPSA) is 67.5 Å². The lowest BCUT2D eigenvalue weighted by molar-refractivity contribution is 0.249. The second-order valence-corrected chi connectivity index (χ2v) is 3.79. The summed E-state index contributed by atoms with van der Waals surface area (Å²) < 4.78 is 0. The Morgan fingerprint density at radius 3 is 3.00 bits per heavy atom. The van der Waals surface area contributed by atoms with Gasteiger partial charge in [0.05, 0.1) is 0 Å². The van der Waals surface area contributed by atoms with E-state index in [4.69, 9.17) is 5.73 Å². The van der Waals surface area contributed by atoms with Crippen LogP contribution in [0.1, 0.15) is 32.6 Å². The molecule has 2 amide bonds. The zero-order valence-electron chi connectivity index (χ0n) is 7.99. The smallest absolute Gasteiger partial charge is 0.332 e. The average Bonchev–Trinajstić information content (AvgIpc) is 2.03. The maximum absolute atomic E-state index is 10.3. The van der Waals surface area contributed by atoms with Gasteiger partial charge in [0.25, 0.3) is 0 Å². The van der Waals surface area contributed by atoms with Gasteiger partial charge in [0.2, 0.25) is 0 Å². The van der Waals surface area contributed by atoms with Gasteiger partial charge in [-0.25, -0.2) is 10.2 Å². The summed E-state index contributed by atoms with van der Waals surface area (Å²) in [6.45, 7) is 2.25. The number of rotatable bonds is 2. The van der Waals surface area contributed by atoms with Gasteiger partial charge in [0.1, 0.15) is 0 Å². The maximum Gasteiger partial charge on any atom is 0.332 e. The Labute approximate surface area is 78.6 Å². The van der Waals surface area contributed by atoms with E-state index >= 15 is 0 Å². The van der Waals surface area contributed by atoms with Crippen LogP contribution in [0.2, 0.25) is 0 Å². The second kappa shape index (κ2) is 4.84. The molecule has 1 saturated carbocycles. The third kappa shape index (κ3) is 3.92. The molecule has 74 valence electrons. The number of nitrogens with two attached hydrogens (primary N) is 1. The first-order chi connectivity index (χ1) is 6.18. The molecule has 1 fully saturated rings. The predicted molar refractivity (Wildman–Crippen MR) is 52.3 cm³/mol. The Morgan fingerprint density at radius 1 is 1.62 bits per heavy atom. The number of amides is 2. The lowest BCUT2D eigenvalue weighted by atomic mass is 9.83. The van der Waals surface area contributed by atoms with Gasteiger partial charge in [-0.2, -0.15) is 5.10 Å². The molecule has 0 aromatic carbocycles. The number of nitrogens with zero attached hydrogens (tertiary/aromatic N) is 1. The summed E-state index contributed by atoms with van der Waals surface area (Å²) in [4.78, 5) is 10.3. The second-order valence-electron chi connectivity index (χ2n) is 3.79. The van der Waals surface area contributed by atoms with Crippen molar-refractivity contribution < 1.29 is 4.79 Å². The summed E-state index contributed by atoms with van der Waals surface area (Å²) in [5.74, 6) is 1.29. The monoisotopic (exact) mass is 183 g/mol. The fraction of sp³-hybridized carbons (Fsp3) is 0.778. The summed E-state index contributed by atoms with van der Waals surface area (Å²) in [6, 6.07) is -0.597. The molecule has 0 heterocycles. The first-order valence-electron chi connectivity index (χ1n) is 4.77. The molecule has 0 bridgehead atoms. The molecular weight excluding hydrogens is 166 g/mol. The summed E-state index contributed by atoms with van der Waals surface area (Å²) in [7, 11) is 0. The summed E-state index contributed by atoms with van der Waals surface area (Å²) in [5.41, 5.74) is 7.09. The van der Waals surface area contributed by atoms with E-state index in [1.165, 1.54) is 25.7 Å². The molecule has 0 aromatic rings. The summed E-state index contributed by atoms with van der Waals surface area (Å²) in [6.07, 6.45) is 6.72. The van der Waals surface area contributed by atoms with Gasteiger partial charge in [-0.1, -0.05) is 19.8 Å². The van der Waals surface area contributed by atoms with Gasteiger partial charge in [-0.15, -0.1) is 0 Å². The van der Waals surface area contributed by atoms with E-state index in [0.29, 0.717) is 5.92 Å². The number of carbonyl (C=O) groups is 1. The van der Waals surface area contributed by atoms with Crippen LogP contribution >= 0.6 is 0 Å². The summed E-state index contributed by atoms with van der Waals surface area (Å²) in [5, 5.41) is 3.78. The predicted octanol–water partition coefficient (Wildman–Crippen LogP) is 1.47. The molecule has 1 aliphatic rings. The molecule has 2 atom stereocenters. The highest BCUT2D eigenvalue weighted by molar-refractivity contribution is 5.73. The van der Waals surface area contributed by atoms with Crippen molar-refractivity contribution in [2.75, 3.05) is 0 Å². The number of hydrogen-bond acceptors (Lipinski definition) is 2. The van der Waals surface area contributed by atoms with E-state index in [2.05, 4.69) is 17.5 Å². The minimum absolute atomic E-state index is 0.510. The zero-order chi connectivity index (χ0) is 9.68. The van der Waals surface area contributed by atoms with Crippen molar-refractivity contribution in [3.63, 3.8) is 0 Å². The van der Waals surface area contributed by atoms with Gasteiger partial charge in [-0.3, -0.25) is 0 Å². The Balaban J connectivity index is 2.27. The highest BCUT2D eigenvalue weighted by atomic mass is 16.2. The van der Waals surface area contributed by atoms with E-state index < -0.39 is 6.03 Å². The van der Waals surface area contributed by atoms with Crippen molar-refractivity contribution in [1.29, 1.82) is 0 Å². The van der Waals surface area contributed by atoms with E-state index in [1.807, 2.05) is 0 Å². The van der Waals surface area contributed by atoms with E-state index in [-0.39, 0.29) is 0 Å². The summed E-state index contributed by atoms with van der Waals surface area (Å²) >= 11 is 0. The lowest BCUT2D eigenvalue weighted by Gasteiger charge is -2.23. The number of urea groups is 1. The molecule has 2 unspecified atom stereocenters. The van der Waals surface area contributed by atoms with Gasteiger partial charge < -0.3 is 5.73 Å². The van der Waals surface area contributed by atoms with Crippen LogP contribution in [0.25, 0.3) is 0 Å². The van der Waals surface area contributed by atoms with E-state index in [0.717, 1.165) is 5.92 Å². The first-order valence-corrected chi connectivity index (χ1v) is 4.77. The van der Waals surface area contributed by atoms with E-state index in [9.17, 15) is 4.79 Å². The molecule has 0 saturated heterocycles. The zero-order valence-corrected chi connectivity index (χ0v) is 7.99. The van der Waals surface area contributed by atoms with Gasteiger partial charge >= 0.3 is 6.03 Å². The third-order valence-electron chi connectivity index (χ3n) is 2.44. The van der Waals surface area contributed by atoms with Gasteiger partial charge in [0.15, 0.2) is 0 Å². The molecule has 13 heavy (non-hydrogen) atoms. The van der Waals surface area contributed by atoms with Crippen LogP contribution in [0.5, 0.6) is 0 Å². The minimum Gasteiger partial charge on any atom is -0.350 e. The molecule has 4 nitrogen and oxygen atoms in total. The molecule has 1 aliphatic carbocycles. The molecule has 0 aromatic heterocycles. The Hall–Kier alpha value is -1.06. The standard InChI is InChI=1S/C9H17N3O/c1-7-3-2-4-8(5-7)6-11-12-9(10)13/h6-8H,2-5H2,1H3,(H3,10,12,13). The van der Waals surface area contributed by atoms with Crippen molar-refractivity contribution >= 4 is 12.2 Å². The Kier molecular flexibility index (Phi) is 3.73. The number of nitrogens with one attached hydrogen (secondary N) is 1. The normalized spacial score (nSPS) is 29.0. The quantitative estimate of drug-likeness (QED) is 0.494. The minimum atomic E-state index is -0.597. The molecule has 4 heteroatoms. The number of hydrazone groups is 1. The SMILES string of the molecule is CC1CCCC(C=NNC(N)=O)C1. The maximum atomic E-state index is 10.3. The van der Waals surface area contributed by atoms with E-state index in [1.54, 1.807) is 6.21 Å². The van der Waals surface area contributed by atoms with Crippen LogP contribution in [0, 0.1) is 11.8 Å². The van der Waals surface area contributed by atoms with Crippen molar-refractivity contribution in [1.82, 2.24) is 5.43 Å². The van der Waals surface area contributed by atoms with Crippen molar-refractivity contribution in [3.05, 3.63) is 0 Å². The third-order valence-corrected chi connectivity index (χ3v) is 2.44.